The Bertz CT molecular complexity index is 4250. The van der Waals surface area contributed by atoms with E-state index in [9.17, 15) is 99.0 Å². The molecule has 127 heavy (non-hydrogen) atoms. The Morgan fingerprint density at radius 3 is 1.36 bits per heavy atom. The molecule has 0 bridgehead atoms. The van der Waals surface area contributed by atoms with Crippen molar-refractivity contribution in [1.82, 2.24) is 75.7 Å². The first-order chi connectivity index (χ1) is 61.0. The highest BCUT2D eigenvalue weighted by atomic mass is 16.7. The lowest BCUT2D eigenvalue weighted by molar-refractivity contribution is -0.340. The van der Waals surface area contributed by atoms with E-state index in [1.54, 1.807) is 9.80 Å². The lowest BCUT2D eigenvalue weighted by Crippen LogP contribution is -2.68. The van der Waals surface area contributed by atoms with Gasteiger partial charge in [0.1, 0.15) is 133 Å². The van der Waals surface area contributed by atoms with Crippen LogP contribution in [-0.2, 0) is 97.6 Å². The number of likely N-dealkylation sites (tertiary alicyclic amines) is 2. The van der Waals surface area contributed by atoms with Gasteiger partial charge in [-0.2, -0.15) is 0 Å². The number of aliphatic hydroxyl groups is 10. The van der Waals surface area contributed by atoms with Gasteiger partial charge in [-0.25, -0.2) is 19.0 Å². The van der Waals surface area contributed by atoms with E-state index in [1.165, 1.54) is 35.6 Å². The van der Waals surface area contributed by atoms with Gasteiger partial charge in [-0.1, -0.05) is 74.6 Å². The standard InChI is InChI=1S/C81H119N15O31/c1-38-60(103)64(107)66(109)78(118-38)126-69-46(82-72(111)48-28-56(100)87-80(115)84-48)17-9-19-50(69)122-76-45(68(62(105)54(34-97)124-76)120-52(74(113)93-21-11-22-93)25-40-13-5-3-6-14-40)27-44(99)32-95-30-42(89-91-95)36-117-37-43-31-96(92-90-43)33-58(102)86-59-71(121-53(75(114)94-23-12-24-94)26-41-15-7-4-8-16-41)63(106)55(35-98)125-77(59)123-51-20-10-18-47(83-73(112)49-29-57(101)88-81(116)85-49)70(51)127-79-67(110)65(108)61(104)39(2)119-79/h28-31,38-41,45-47,50-55,59-71,76-79,97-98,103-110H,3-27,32-37H2,1-2H3,(H,82,111)(H,83,112)(H,86,102)(H2,84,87,100,115)(H2,85,88,101,116)/t38-,39-,45+,46-,47-,50+,51+,52-,53-,54+,55+,59+,60+,61+,62-,63-,64+,65+,66-,67-,68+,69+,70+,71+,76+,77+,78-,79-/m0/s1. The molecule has 0 aromatic carbocycles. The largest absolute Gasteiger partial charge is 0.394 e. The van der Waals surface area contributed by atoms with Crippen LogP contribution < -0.4 is 38.4 Å². The fourth-order valence-electron chi connectivity index (χ4n) is 18.8. The lowest BCUT2D eigenvalue weighted by atomic mass is 9.83. The second-order valence-corrected chi connectivity index (χ2v) is 35.2. The number of hydrogen-bond acceptors (Lipinski definition) is 35. The molecule has 0 spiro atoms. The van der Waals surface area contributed by atoms with Gasteiger partial charge >= 0.3 is 11.4 Å². The number of ketones is 1. The zero-order valence-corrected chi connectivity index (χ0v) is 70.7. The molecule has 6 saturated heterocycles. The maximum absolute atomic E-state index is 14.9. The monoisotopic (exact) mass is 1800 g/mol. The van der Waals surface area contributed by atoms with Crippen molar-refractivity contribution >= 4 is 35.3 Å². The van der Waals surface area contributed by atoms with Crippen LogP contribution in [0.25, 0.3) is 0 Å². The zero-order chi connectivity index (χ0) is 90.0. The summed E-state index contributed by atoms with van der Waals surface area (Å²) in [6, 6.07) is -2.01. The number of nitrogens with one attached hydrogen (secondary N) is 7. The second kappa shape index (κ2) is 43.2. The molecule has 0 radical (unpaired) electrons. The van der Waals surface area contributed by atoms with Crippen LogP contribution in [0.5, 0.6) is 0 Å². The van der Waals surface area contributed by atoms with Crippen LogP contribution >= 0.6 is 0 Å². The van der Waals surface area contributed by atoms with Crippen molar-refractivity contribution in [2.45, 2.75) is 340 Å². The van der Waals surface area contributed by atoms with Crippen molar-refractivity contribution in [2.24, 2.45) is 17.8 Å². The number of Topliss-reactive ketones (excluding diaryl/α,β-unsaturated/α-hetero) is 1. The number of aliphatic hydroxyl groups excluding tert-OH is 10. The number of aromatic amines is 4. The molecule has 4 saturated carbocycles. The van der Waals surface area contributed by atoms with Gasteiger partial charge in [0, 0.05) is 50.7 Å². The average molecular weight is 1800 g/mol. The summed E-state index contributed by atoms with van der Waals surface area (Å²) >= 11 is 0. The molecule has 0 unspecified atom stereocenters. The number of amides is 5. The smallest absolute Gasteiger partial charge is 0.326 e. The van der Waals surface area contributed by atoms with Crippen LogP contribution in [0.4, 0.5) is 0 Å². The lowest BCUT2D eigenvalue weighted by Gasteiger charge is -2.49. The minimum absolute atomic E-state index is 0.0548. The van der Waals surface area contributed by atoms with Crippen LogP contribution in [-0.4, -0.2) is 351 Å². The van der Waals surface area contributed by atoms with Crippen LogP contribution in [0.2, 0.25) is 0 Å². The van der Waals surface area contributed by atoms with E-state index >= 15 is 0 Å². The van der Waals surface area contributed by atoms with Gasteiger partial charge in [0.2, 0.25) is 5.91 Å². The molecule has 10 heterocycles. The van der Waals surface area contributed by atoms with E-state index in [2.05, 4.69) is 46.5 Å². The molecule has 28 atom stereocenters. The summed E-state index contributed by atoms with van der Waals surface area (Å²) in [6.07, 6.45) is -21.6. The normalized spacial score (nSPS) is 34.5. The number of aromatic nitrogens is 10. The highest BCUT2D eigenvalue weighted by Crippen LogP contribution is 2.42. The molecule has 4 aliphatic carbocycles. The number of carbonyl (C=O) groups excluding carboxylic acids is 6. The maximum Gasteiger partial charge on any atom is 0.326 e. The molecule has 17 N–H and O–H groups in total. The van der Waals surface area contributed by atoms with Gasteiger partial charge in [-0.15, -0.1) is 10.2 Å². The molecule has 14 rings (SSSR count). The Morgan fingerprint density at radius 1 is 0.472 bits per heavy atom. The first-order valence-electron chi connectivity index (χ1n) is 44.3. The number of hydrogen-bond donors (Lipinski definition) is 17. The molecule has 10 aliphatic rings. The molecule has 6 aliphatic heterocycles. The summed E-state index contributed by atoms with van der Waals surface area (Å²) in [7, 11) is 0. The summed E-state index contributed by atoms with van der Waals surface area (Å²) < 4.78 is 73.4. The van der Waals surface area contributed by atoms with Crippen molar-refractivity contribution in [3.05, 3.63) is 89.0 Å². The van der Waals surface area contributed by atoms with Crippen LogP contribution in [0.3, 0.4) is 0 Å². The first kappa shape index (κ1) is 94.9. The molecule has 10 fully saturated rings. The van der Waals surface area contributed by atoms with E-state index in [4.69, 9.17) is 52.1 Å². The predicted octanol–water partition coefficient (Wildman–Crippen LogP) is -5.37. The third-order valence-electron chi connectivity index (χ3n) is 26.0. The molecule has 4 aromatic heterocycles. The van der Waals surface area contributed by atoms with E-state index in [0.29, 0.717) is 32.6 Å². The molecule has 5 amide bonds. The minimum Gasteiger partial charge on any atom is -0.394 e. The van der Waals surface area contributed by atoms with Gasteiger partial charge in [-0.3, -0.25) is 48.3 Å². The number of H-pyrrole nitrogens is 4. The summed E-state index contributed by atoms with van der Waals surface area (Å²) in [5.41, 5.74) is -4.13. The summed E-state index contributed by atoms with van der Waals surface area (Å²) in [6.45, 7) is 1.59. The number of rotatable bonds is 35. The van der Waals surface area contributed by atoms with Gasteiger partial charge in [0.05, 0.1) is 81.4 Å². The molecule has 46 heteroatoms. The number of carbonyl (C=O) groups is 6. The molecular weight excluding hydrogens is 1680 g/mol. The summed E-state index contributed by atoms with van der Waals surface area (Å²) in [4.78, 5) is 148. The zero-order valence-electron chi connectivity index (χ0n) is 70.7. The Labute approximate surface area is 726 Å². The number of nitrogens with zero attached hydrogens (tertiary/aromatic N) is 8. The van der Waals surface area contributed by atoms with Gasteiger partial charge in [0.15, 0.2) is 30.9 Å². The third kappa shape index (κ3) is 23.4. The summed E-state index contributed by atoms with van der Waals surface area (Å²) in [5, 5.41) is 138. The van der Waals surface area contributed by atoms with E-state index in [0.717, 1.165) is 89.2 Å². The maximum atomic E-state index is 14.9. The van der Waals surface area contributed by atoms with Crippen molar-refractivity contribution in [3.63, 3.8) is 0 Å². The highest BCUT2D eigenvalue weighted by molar-refractivity contribution is 5.93. The average Bonchev–Trinajstić information content (AvgIpc) is 0.936. The fraction of sp³-hybridized carbons (Fsp3) is 0.778. The minimum atomic E-state index is -1.87. The van der Waals surface area contributed by atoms with Gasteiger partial charge in [-0.05, 0) is 89.9 Å². The second-order valence-electron chi connectivity index (χ2n) is 35.2. The van der Waals surface area contributed by atoms with E-state index in [1.807, 2.05) is 9.97 Å². The summed E-state index contributed by atoms with van der Waals surface area (Å²) in [5.74, 6) is -5.02. The van der Waals surface area contributed by atoms with E-state index in [-0.39, 0.29) is 93.2 Å². The highest BCUT2D eigenvalue weighted by Gasteiger charge is 2.56. The Balaban J connectivity index is 0.680. The van der Waals surface area contributed by atoms with Gasteiger partial charge < -0.3 is 139 Å². The Morgan fingerprint density at radius 2 is 0.913 bits per heavy atom. The van der Waals surface area contributed by atoms with Crippen LogP contribution in [0.1, 0.15) is 181 Å². The quantitative estimate of drug-likeness (QED) is 0.0204. The molecule has 46 nitrogen and oxygen atoms in total. The predicted molar refractivity (Wildman–Crippen MR) is 429 cm³/mol. The Hall–Kier alpha value is -8.18. The fourth-order valence-corrected chi connectivity index (χ4v) is 18.8. The van der Waals surface area contributed by atoms with Crippen molar-refractivity contribution in [2.75, 3.05) is 39.4 Å². The Kier molecular flexibility index (Phi) is 32.3. The van der Waals surface area contributed by atoms with E-state index < -0.39 is 261 Å². The first-order valence-corrected chi connectivity index (χ1v) is 44.3. The third-order valence-corrected chi connectivity index (χ3v) is 26.0. The molecule has 4 aromatic rings. The SMILES string of the molecule is C[C@@H]1O[C@@H](O[C@@H]2[C@@H](NC(=O)c3cc(=O)[nH]c(=O)[nH]3)CCC[C@H]2O[C@@H]2O[C@H](CO)[C@H](O)[C@H](O[C@@H](CC3CCCCC3)C(=O)N3CCC3)[C@H]2CC(=O)Cn2cc(COCc3cn(CC(=O)N[C@H]4[C@H](O[C@@H]5CCC[C@H](NC(=O)c6cc(=O)[nH]c(=O)[nH]6)[C@H]5O[C@@H]5O[C@@H](C)[C@@H](O)[C@@H](O)[C@@H]5O)O[C@H](CO)[C@H](O)[C@@H]4O[C@@H](CC4CCCCC4)C(=O)N4CCC4)nn3)nn2)[C@@H](O)[C@H](O)[C@@H]1O. The van der Waals surface area contributed by atoms with Crippen molar-refractivity contribution < 1.29 is 132 Å². The van der Waals surface area contributed by atoms with Crippen molar-refractivity contribution in [1.29, 1.82) is 0 Å². The molecule has 704 valence electrons. The van der Waals surface area contributed by atoms with Crippen LogP contribution in [0.15, 0.2) is 43.7 Å². The number of ether oxygens (including phenoxy) is 11. The van der Waals surface area contributed by atoms with Crippen LogP contribution in [0, 0.1) is 17.8 Å². The van der Waals surface area contributed by atoms with Crippen molar-refractivity contribution in [3.8, 4) is 0 Å². The van der Waals surface area contributed by atoms with Gasteiger partial charge in [0.25, 0.3) is 34.7 Å². The molecular formula is C81H119N15O31. The topological polar surface area (TPSA) is 642 Å².